The molecule has 1 unspecified atom stereocenters. The van der Waals surface area contributed by atoms with E-state index in [-0.39, 0.29) is 23.7 Å². The van der Waals surface area contributed by atoms with Crippen LogP contribution in [0.3, 0.4) is 0 Å². The van der Waals surface area contributed by atoms with Gasteiger partial charge >= 0.3 is 11.9 Å². The Morgan fingerprint density at radius 1 is 1.35 bits per heavy atom. The van der Waals surface area contributed by atoms with Crippen LogP contribution < -0.4 is 5.32 Å². The molecule has 1 aliphatic carbocycles. The molecule has 20 heavy (non-hydrogen) atoms. The Labute approximate surface area is 118 Å². The summed E-state index contributed by atoms with van der Waals surface area (Å²) in [5, 5.41) is 11.5. The van der Waals surface area contributed by atoms with Crippen molar-refractivity contribution in [2.24, 2.45) is 11.3 Å². The SMILES string of the molecule is COC(=O)C[C@H](NC(=O)C1CCCCC1(C)C)C(=O)O. The number of carbonyl (C=O) groups is 3. The molecule has 1 amide bonds. The third-order valence-corrected chi connectivity index (χ3v) is 4.04. The molecule has 0 aromatic carbocycles. The van der Waals surface area contributed by atoms with Crippen molar-refractivity contribution in [2.75, 3.05) is 7.11 Å². The molecule has 0 saturated heterocycles. The van der Waals surface area contributed by atoms with Gasteiger partial charge in [0, 0.05) is 5.92 Å². The number of amides is 1. The van der Waals surface area contributed by atoms with Crippen LogP contribution in [0.25, 0.3) is 0 Å². The lowest BCUT2D eigenvalue weighted by molar-refractivity contribution is -0.149. The number of esters is 1. The Morgan fingerprint density at radius 3 is 2.50 bits per heavy atom. The van der Waals surface area contributed by atoms with Gasteiger partial charge in [0.2, 0.25) is 5.91 Å². The average Bonchev–Trinajstić information content (AvgIpc) is 2.36. The highest BCUT2D eigenvalue weighted by Gasteiger charge is 2.38. The standard InChI is InChI=1S/C14H23NO5/c1-14(2)7-5-4-6-9(14)12(17)15-10(13(18)19)8-11(16)20-3/h9-10H,4-8H2,1-3H3,(H,15,17)(H,18,19)/t9?,10-/m0/s1. The predicted octanol–water partition coefficient (Wildman–Crippen LogP) is 1.34. The Hall–Kier alpha value is -1.59. The number of aliphatic carboxylic acids is 1. The lowest BCUT2D eigenvalue weighted by Crippen LogP contribution is -2.48. The summed E-state index contributed by atoms with van der Waals surface area (Å²) < 4.78 is 4.45. The highest BCUT2D eigenvalue weighted by Crippen LogP contribution is 2.40. The van der Waals surface area contributed by atoms with Crippen molar-refractivity contribution in [3.8, 4) is 0 Å². The molecular weight excluding hydrogens is 262 g/mol. The molecule has 0 aromatic rings. The molecule has 0 radical (unpaired) electrons. The van der Waals surface area contributed by atoms with E-state index in [1.54, 1.807) is 0 Å². The monoisotopic (exact) mass is 285 g/mol. The first-order valence-electron chi connectivity index (χ1n) is 6.88. The zero-order valence-electron chi connectivity index (χ0n) is 12.3. The van der Waals surface area contributed by atoms with E-state index >= 15 is 0 Å². The van der Waals surface area contributed by atoms with Crippen molar-refractivity contribution in [3.05, 3.63) is 0 Å². The third-order valence-electron chi connectivity index (χ3n) is 4.04. The molecule has 1 fully saturated rings. The van der Waals surface area contributed by atoms with Gasteiger partial charge in [0.15, 0.2) is 0 Å². The fourth-order valence-corrected chi connectivity index (χ4v) is 2.70. The summed E-state index contributed by atoms with van der Waals surface area (Å²) in [5.41, 5.74) is -0.142. The van der Waals surface area contributed by atoms with Crippen molar-refractivity contribution in [1.82, 2.24) is 5.32 Å². The van der Waals surface area contributed by atoms with Crippen molar-refractivity contribution in [1.29, 1.82) is 0 Å². The Morgan fingerprint density at radius 2 is 2.00 bits per heavy atom. The molecule has 0 bridgehead atoms. The highest BCUT2D eigenvalue weighted by molar-refractivity contribution is 5.88. The number of ether oxygens (including phenoxy) is 1. The second-order valence-electron chi connectivity index (χ2n) is 5.97. The van der Waals surface area contributed by atoms with E-state index < -0.39 is 18.0 Å². The van der Waals surface area contributed by atoms with Gasteiger partial charge in [-0.1, -0.05) is 26.7 Å². The number of carboxylic acids is 1. The van der Waals surface area contributed by atoms with E-state index in [4.69, 9.17) is 5.11 Å². The molecular formula is C14H23NO5. The summed E-state index contributed by atoms with van der Waals surface area (Å²) in [5.74, 6) is -2.38. The van der Waals surface area contributed by atoms with Crippen LogP contribution in [0.4, 0.5) is 0 Å². The second-order valence-corrected chi connectivity index (χ2v) is 5.97. The van der Waals surface area contributed by atoms with Gasteiger partial charge in [0.05, 0.1) is 13.5 Å². The van der Waals surface area contributed by atoms with Crippen molar-refractivity contribution >= 4 is 17.8 Å². The maximum atomic E-state index is 12.3. The van der Waals surface area contributed by atoms with Crippen LogP contribution in [-0.4, -0.2) is 36.1 Å². The van der Waals surface area contributed by atoms with Crippen molar-refractivity contribution in [2.45, 2.75) is 52.0 Å². The van der Waals surface area contributed by atoms with Gasteiger partial charge in [-0.05, 0) is 18.3 Å². The lowest BCUT2D eigenvalue weighted by Gasteiger charge is -2.37. The van der Waals surface area contributed by atoms with E-state index in [9.17, 15) is 14.4 Å². The first-order chi connectivity index (χ1) is 9.27. The lowest BCUT2D eigenvalue weighted by atomic mass is 9.68. The number of nitrogens with one attached hydrogen (secondary N) is 1. The van der Waals surface area contributed by atoms with Crippen LogP contribution in [-0.2, 0) is 19.1 Å². The topological polar surface area (TPSA) is 92.7 Å². The number of carbonyl (C=O) groups excluding carboxylic acids is 2. The second kappa shape index (κ2) is 6.72. The molecule has 2 N–H and O–H groups in total. The highest BCUT2D eigenvalue weighted by atomic mass is 16.5. The first kappa shape index (κ1) is 16.5. The number of methoxy groups -OCH3 is 1. The molecule has 0 spiro atoms. The first-order valence-corrected chi connectivity index (χ1v) is 6.88. The molecule has 2 atom stereocenters. The molecule has 6 heteroatoms. The molecule has 6 nitrogen and oxygen atoms in total. The van der Waals surface area contributed by atoms with E-state index in [2.05, 4.69) is 10.1 Å². The molecule has 1 saturated carbocycles. The van der Waals surface area contributed by atoms with E-state index in [0.29, 0.717) is 0 Å². The molecule has 1 aliphatic rings. The zero-order chi connectivity index (χ0) is 15.3. The van der Waals surface area contributed by atoms with E-state index in [0.717, 1.165) is 25.7 Å². The van der Waals surface area contributed by atoms with Gasteiger partial charge in [0.25, 0.3) is 0 Å². The van der Waals surface area contributed by atoms with Gasteiger partial charge in [-0.3, -0.25) is 9.59 Å². The van der Waals surface area contributed by atoms with Crippen molar-refractivity contribution in [3.63, 3.8) is 0 Å². The fourth-order valence-electron chi connectivity index (χ4n) is 2.70. The quantitative estimate of drug-likeness (QED) is 0.743. The summed E-state index contributed by atoms with van der Waals surface area (Å²) in [6, 6.07) is -1.23. The smallest absolute Gasteiger partial charge is 0.326 e. The molecule has 0 aromatic heterocycles. The third kappa shape index (κ3) is 4.21. The fraction of sp³-hybridized carbons (Fsp3) is 0.786. The van der Waals surface area contributed by atoms with Crippen LogP contribution in [0.2, 0.25) is 0 Å². The Kier molecular flexibility index (Phi) is 5.53. The van der Waals surface area contributed by atoms with Gasteiger partial charge in [-0.15, -0.1) is 0 Å². The van der Waals surface area contributed by atoms with Crippen LogP contribution in [0.5, 0.6) is 0 Å². The summed E-state index contributed by atoms with van der Waals surface area (Å²) in [4.78, 5) is 34.6. The van der Waals surface area contributed by atoms with Gasteiger partial charge in [-0.2, -0.15) is 0 Å². The molecule has 1 rings (SSSR count). The summed E-state index contributed by atoms with van der Waals surface area (Å²) in [7, 11) is 1.19. The zero-order valence-corrected chi connectivity index (χ0v) is 12.3. The minimum Gasteiger partial charge on any atom is -0.480 e. The largest absolute Gasteiger partial charge is 0.480 e. The predicted molar refractivity (Wildman–Crippen MR) is 71.9 cm³/mol. The maximum absolute atomic E-state index is 12.3. The number of rotatable bonds is 5. The minimum absolute atomic E-state index is 0.142. The Bertz CT molecular complexity index is 391. The van der Waals surface area contributed by atoms with Gasteiger partial charge < -0.3 is 15.2 Å². The summed E-state index contributed by atoms with van der Waals surface area (Å²) in [6.07, 6.45) is 3.39. The van der Waals surface area contributed by atoms with Crippen LogP contribution in [0, 0.1) is 11.3 Å². The minimum atomic E-state index is -1.23. The van der Waals surface area contributed by atoms with E-state index in [1.165, 1.54) is 7.11 Å². The number of hydrogen-bond acceptors (Lipinski definition) is 4. The summed E-state index contributed by atoms with van der Waals surface area (Å²) >= 11 is 0. The Balaban J connectivity index is 2.70. The normalized spacial score (nSPS) is 22.6. The van der Waals surface area contributed by atoms with E-state index in [1.807, 2.05) is 13.8 Å². The molecule has 0 heterocycles. The van der Waals surface area contributed by atoms with Gasteiger partial charge in [0.1, 0.15) is 6.04 Å². The van der Waals surface area contributed by atoms with Crippen molar-refractivity contribution < 1.29 is 24.2 Å². The molecule has 114 valence electrons. The van der Waals surface area contributed by atoms with Crippen LogP contribution in [0.15, 0.2) is 0 Å². The van der Waals surface area contributed by atoms with Gasteiger partial charge in [-0.25, -0.2) is 4.79 Å². The van der Waals surface area contributed by atoms with Crippen LogP contribution in [0.1, 0.15) is 46.0 Å². The summed E-state index contributed by atoms with van der Waals surface area (Å²) in [6.45, 7) is 4.04. The van der Waals surface area contributed by atoms with Crippen LogP contribution >= 0.6 is 0 Å². The molecule has 0 aliphatic heterocycles. The number of carboxylic acid groups (broad SMARTS) is 1. The maximum Gasteiger partial charge on any atom is 0.326 e. The number of hydrogen-bond donors (Lipinski definition) is 2. The average molecular weight is 285 g/mol.